The van der Waals surface area contributed by atoms with Gasteiger partial charge in [0.15, 0.2) is 0 Å². The third-order valence-electron chi connectivity index (χ3n) is 7.44. The number of rotatable bonds is 4. The summed E-state index contributed by atoms with van der Waals surface area (Å²) >= 11 is 0. The highest BCUT2D eigenvalue weighted by Crippen LogP contribution is 2.62. The summed E-state index contributed by atoms with van der Waals surface area (Å²) in [5.74, 6) is 0.510. The van der Waals surface area contributed by atoms with E-state index in [1.165, 1.54) is 11.1 Å². The molecule has 3 aliphatic carbocycles. The van der Waals surface area contributed by atoms with E-state index in [1.807, 2.05) is 6.92 Å². The van der Waals surface area contributed by atoms with Gasteiger partial charge in [0.1, 0.15) is 0 Å². The van der Waals surface area contributed by atoms with Crippen molar-refractivity contribution in [1.29, 1.82) is 0 Å². The highest BCUT2D eigenvalue weighted by atomic mass is 16.5. The summed E-state index contributed by atoms with van der Waals surface area (Å²) in [6.07, 6.45) is 9.76. The number of hydrogen-bond acceptors (Lipinski definition) is 2. The molecule has 3 nitrogen and oxygen atoms in total. The van der Waals surface area contributed by atoms with Crippen LogP contribution in [0.3, 0.4) is 0 Å². The molecule has 0 amide bonds. The Morgan fingerprint density at radius 2 is 2.08 bits per heavy atom. The molecule has 0 aromatic rings. The van der Waals surface area contributed by atoms with Gasteiger partial charge in [0.25, 0.3) is 0 Å². The highest BCUT2D eigenvalue weighted by Gasteiger charge is 2.57. The number of ether oxygens (including phenoxy) is 1. The van der Waals surface area contributed by atoms with Crippen LogP contribution in [0.5, 0.6) is 0 Å². The van der Waals surface area contributed by atoms with Crippen LogP contribution in [-0.2, 0) is 9.53 Å². The lowest BCUT2D eigenvalue weighted by Gasteiger charge is -2.57. The fourth-order valence-corrected chi connectivity index (χ4v) is 6.00. The molecule has 0 bridgehead atoms. The van der Waals surface area contributed by atoms with Gasteiger partial charge in [-0.3, -0.25) is 4.79 Å². The van der Waals surface area contributed by atoms with Crippen molar-refractivity contribution in [3.63, 3.8) is 0 Å². The van der Waals surface area contributed by atoms with Crippen LogP contribution in [0, 0.1) is 28.6 Å². The van der Waals surface area contributed by atoms with Crippen LogP contribution in [0.25, 0.3) is 0 Å². The summed E-state index contributed by atoms with van der Waals surface area (Å²) in [6.45, 7) is 11.6. The van der Waals surface area contributed by atoms with Gasteiger partial charge in [-0.1, -0.05) is 39.3 Å². The van der Waals surface area contributed by atoms with E-state index in [9.17, 15) is 9.90 Å². The van der Waals surface area contributed by atoms with E-state index in [0.29, 0.717) is 11.8 Å². The first-order chi connectivity index (χ1) is 11.7. The Labute approximate surface area is 152 Å². The van der Waals surface area contributed by atoms with Crippen molar-refractivity contribution in [3.8, 4) is 0 Å². The average Bonchev–Trinajstić information content (AvgIpc) is 2.54. The first-order valence-corrected chi connectivity index (χ1v) is 10.0. The molecule has 0 saturated heterocycles. The number of hydrogen-bond donors (Lipinski definition) is 1. The van der Waals surface area contributed by atoms with E-state index in [0.717, 1.165) is 38.7 Å². The van der Waals surface area contributed by atoms with Gasteiger partial charge in [0, 0.05) is 6.61 Å². The molecule has 25 heavy (non-hydrogen) atoms. The second-order valence-electron chi connectivity index (χ2n) is 9.11. The summed E-state index contributed by atoms with van der Waals surface area (Å²) in [5, 5.41) is 9.94. The molecule has 3 heteroatoms. The second-order valence-corrected chi connectivity index (χ2v) is 9.11. The fraction of sp³-hybridized carbons (Fsp3) is 0.773. The maximum Gasteiger partial charge on any atom is 0.309 e. The molecule has 5 atom stereocenters. The van der Waals surface area contributed by atoms with Gasteiger partial charge in [-0.05, 0) is 73.8 Å². The molecule has 0 aliphatic heterocycles. The lowest BCUT2D eigenvalue weighted by molar-refractivity contribution is -0.163. The Kier molecular flexibility index (Phi) is 4.91. The molecular formula is C22H34O3. The second kappa shape index (κ2) is 6.57. The van der Waals surface area contributed by atoms with Crippen molar-refractivity contribution in [2.45, 2.75) is 72.8 Å². The normalized spacial score (nSPS) is 40.8. The number of aliphatic carboxylic acids is 1. The maximum atomic E-state index is 12.1. The summed E-state index contributed by atoms with van der Waals surface area (Å²) in [5.41, 5.74) is 2.30. The first kappa shape index (κ1) is 18.7. The van der Waals surface area contributed by atoms with E-state index in [2.05, 4.69) is 39.8 Å². The largest absolute Gasteiger partial charge is 0.481 e. The Morgan fingerprint density at radius 3 is 2.68 bits per heavy atom. The quantitative estimate of drug-likeness (QED) is 0.759. The van der Waals surface area contributed by atoms with Crippen molar-refractivity contribution < 1.29 is 14.6 Å². The first-order valence-electron chi connectivity index (χ1n) is 10.0. The van der Waals surface area contributed by atoms with Crippen molar-refractivity contribution in [2.75, 3.05) is 6.61 Å². The van der Waals surface area contributed by atoms with E-state index in [1.54, 1.807) is 0 Å². The molecule has 0 heterocycles. The average molecular weight is 347 g/mol. The molecular weight excluding hydrogens is 312 g/mol. The zero-order chi connectivity index (χ0) is 18.4. The Morgan fingerprint density at radius 1 is 1.36 bits per heavy atom. The van der Waals surface area contributed by atoms with Gasteiger partial charge in [-0.15, -0.1) is 0 Å². The molecule has 0 spiro atoms. The van der Waals surface area contributed by atoms with Gasteiger partial charge in [-0.2, -0.15) is 0 Å². The minimum Gasteiger partial charge on any atom is -0.481 e. The van der Waals surface area contributed by atoms with E-state index in [-0.39, 0.29) is 17.4 Å². The van der Waals surface area contributed by atoms with E-state index < -0.39 is 11.4 Å². The van der Waals surface area contributed by atoms with E-state index in [4.69, 9.17) is 4.74 Å². The van der Waals surface area contributed by atoms with Crippen molar-refractivity contribution in [3.05, 3.63) is 23.3 Å². The van der Waals surface area contributed by atoms with Crippen LogP contribution < -0.4 is 0 Å². The summed E-state index contributed by atoms with van der Waals surface area (Å²) < 4.78 is 6.12. The van der Waals surface area contributed by atoms with Crippen molar-refractivity contribution in [1.82, 2.24) is 0 Å². The lowest BCUT2D eigenvalue weighted by Crippen LogP contribution is -2.53. The number of carboxylic acids is 1. The third-order valence-corrected chi connectivity index (χ3v) is 7.44. The topological polar surface area (TPSA) is 46.5 Å². The maximum absolute atomic E-state index is 12.1. The number of fused-ring (bicyclic) bond motifs is 3. The molecule has 3 aliphatic rings. The standard InChI is InChI=1S/C22H34O3/c1-6-25-18-13-17-15(12-16(18)14(2)3)8-9-19-21(17,4)10-7-11-22(19,5)20(23)24/h8,12,14,17-19H,6-7,9-11,13H2,1-5H3,(H,23,24)/t17-,18-,19+,21+,22+/m0/s1. The molecule has 0 unspecified atom stereocenters. The molecule has 0 aromatic carbocycles. The molecule has 1 saturated carbocycles. The fourth-order valence-electron chi connectivity index (χ4n) is 6.00. The van der Waals surface area contributed by atoms with Gasteiger partial charge in [0.05, 0.1) is 11.5 Å². The van der Waals surface area contributed by atoms with E-state index >= 15 is 0 Å². The monoisotopic (exact) mass is 346 g/mol. The molecule has 1 N–H and O–H groups in total. The van der Waals surface area contributed by atoms with Crippen molar-refractivity contribution >= 4 is 5.97 Å². The van der Waals surface area contributed by atoms with Crippen LogP contribution in [0.4, 0.5) is 0 Å². The van der Waals surface area contributed by atoms with Gasteiger partial charge in [-0.25, -0.2) is 0 Å². The molecule has 1 fully saturated rings. The third kappa shape index (κ3) is 2.89. The zero-order valence-corrected chi connectivity index (χ0v) is 16.5. The van der Waals surface area contributed by atoms with Crippen LogP contribution in [-0.4, -0.2) is 23.8 Å². The number of allylic oxidation sites excluding steroid dienone is 3. The van der Waals surface area contributed by atoms with Crippen LogP contribution in [0.1, 0.15) is 66.7 Å². The van der Waals surface area contributed by atoms with Gasteiger partial charge in [0.2, 0.25) is 0 Å². The molecule has 0 radical (unpaired) electrons. The van der Waals surface area contributed by atoms with Gasteiger partial charge >= 0.3 is 5.97 Å². The summed E-state index contributed by atoms with van der Waals surface area (Å²) in [6, 6.07) is 0. The highest BCUT2D eigenvalue weighted by molar-refractivity contribution is 5.75. The summed E-state index contributed by atoms with van der Waals surface area (Å²) in [7, 11) is 0. The molecule has 140 valence electrons. The summed E-state index contributed by atoms with van der Waals surface area (Å²) in [4.78, 5) is 12.1. The van der Waals surface area contributed by atoms with Crippen molar-refractivity contribution in [2.24, 2.45) is 28.6 Å². The molecule has 3 rings (SSSR count). The smallest absolute Gasteiger partial charge is 0.309 e. The Hall–Kier alpha value is -1.09. The molecule has 0 aromatic heterocycles. The predicted octanol–water partition coefficient (Wildman–Crippen LogP) is 5.22. The minimum absolute atomic E-state index is 0.0594. The number of carboxylic acid groups (broad SMARTS) is 1. The lowest BCUT2D eigenvalue weighted by atomic mass is 9.46. The zero-order valence-electron chi connectivity index (χ0n) is 16.5. The number of carbonyl (C=O) groups is 1. The predicted molar refractivity (Wildman–Crippen MR) is 100 cm³/mol. The minimum atomic E-state index is -0.615. The van der Waals surface area contributed by atoms with Gasteiger partial charge < -0.3 is 9.84 Å². The SMILES string of the molecule is CCO[C@H]1C[C@H]2C(=CC[C@@H]3[C@]2(C)CCC[C@@]3(C)C(=O)O)C=C1C(C)C. The Bertz CT molecular complexity index is 602. The Balaban J connectivity index is 2.02. The van der Waals surface area contributed by atoms with Crippen LogP contribution in [0.15, 0.2) is 23.3 Å². The van der Waals surface area contributed by atoms with Crippen LogP contribution >= 0.6 is 0 Å². The van der Waals surface area contributed by atoms with Crippen LogP contribution in [0.2, 0.25) is 0 Å².